The maximum atomic E-state index is 12.1. The number of benzene rings is 1. The standard InChI is InChI=1S/C11H9BrN2O2S/c12-10-5-1-2-6-11(10)17(15,16)14-9-4-3-7-13-8-9/h1-8,14H. The summed E-state index contributed by atoms with van der Waals surface area (Å²) in [6, 6.07) is 9.94. The summed E-state index contributed by atoms with van der Waals surface area (Å²) in [6.45, 7) is 0. The third-order valence-corrected chi connectivity index (χ3v) is 4.43. The second-order valence-corrected chi connectivity index (χ2v) is 5.78. The highest BCUT2D eigenvalue weighted by atomic mass is 79.9. The molecule has 0 aliphatic rings. The van der Waals surface area contributed by atoms with E-state index >= 15 is 0 Å². The molecule has 2 aromatic rings. The van der Waals surface area contributed by atoms with Gasteiger partial charge >= 0.3 is 0 Å². The minimum Gasteiger partial charge on any atom is -0.278 e. The summed E-state index contributed by atoms with van der Waals surface area (Å²) in [7, 11) is -3.58. The molecule has 1 N–H and O–H groups in total. The van der Waals surface area contributed by atoms with E-state index in [1.54, 1.807) is 36.5 Å². The first-order valence-electron chi connectivity index (χ1n) is 4.77. The van der Waals surface area contributed by atoms with Gasteiger partial charge in [-0.25, -0.2) is 8.42 Å². The Bertz CT molecular complexity index is 614. The van der Waals surface area contributed by atoms with Gasteiger partial charge in [-0.3, -0.25) is 9.71 Å². The van der Waals surface area contributed by atoms with Gasteiger partial charge in [0, 0.05) is 10.7 Å². The van der Waals surface area contributed by atoms with Crippen LogP contribution in [0.3, 0.4) is 0 Å². The highest BCUT2D eigenvalue weighted by Gasteiger charge is 2.16. The van der Waals surface area contributed by atoms with E-state index in [1.807, 2.05) is 0 Å². The van der Waals surface area contributed by atoms with Crippen molar-refractivity contribution in [3.05, 3.63) is 53.3 Å². The number of nitrogens with one attached hydrogen (secondary N) is 1. The zero-order valence-corrected chi connectivity index (χ0v) is 11.1. The van der Waals surface area contributed by atoms with Gasteiger partial charge in [0.15, 0.2) is 0 Å². The first-order valence-corrected chi connectivity index (χ1v) is 7.04. The highest BCUT2D eigenvalue weighted by Crippen LogP contribution is 2.23. The molecule has 0 saturated heterocycles. The van der Waals surface area contributed by atoms with Crippen molar-refractivity contribution in [2.24, 2.45) is 0 Å². The lowest BCUT2D eigenvalue weighted by molar-refractivity contribution is 0.600. The number of sulfonamides is 1. The van der Waals surface area contributed by atoms with Crippen LogP contribution in [0.5, 0.6) is 0 Å². The number of hydrogen-bond acceptors (Lipinski definition) is 3. The second kappa shape index (κ2) is 4.85. The summed E-state index contributed by atoms with van der Waals surface area (Å²) < 4.78 is 27.1. The predicted molar refractivity (Wildman–Crippen MR) is 69.2 cm³/mol. The van der Waals surface area contributed by atoms with Crippen LogP contribution < -0.4 is 4.72 Å². The summed E-state index contributed by atoms with van der Waals surface area (Å²) in [4.78, 5) is 4.04. The van der Waals surface area contributed by atoms with Crippen LogP contribution in [-0.2, 0) is 10.0 Å². The van der Waals surface area contributed by atoms with Crippen molar-refractivity contribution in [3.63, 3.8) is 0 Å². The lowest BCUT2D eigenvalue weighted by Crippen LogP contribution is -2.13. The fourth-order valence-corrected chi connectivity index (χ4v) is 3.34. The smallest absolute Gasteiger partial charge is 0.263 e. The van der Waals surface area contributed by atoms with E-state index in [0.29, 0.717) is 10.2 Å². The Labute approximate surface area is 108 Å². The summed E-state index contributed by atoms with van der Waals surface area (Å²) in [5.74, 6) is 0. The lowest BCUT2D eigenvalue weighted by Gasteiger charge is -2.08. The Morgan fingerprint density at radius 2 is 1.88 bits per heavy atom. The first kappa shape index (κ1) is 12.1. The van der Waals surface area contributed by atoms with E-state index in [0.717, 1.165) is 0 Å². The molecule has 88 valence electrons. The molecule has 1 aromatic carbocycles. The Morgan fingerprint density at radius 3 is 2.53 bits per heavy atom. The van der Waals surface area contributed by atoms with Gasteiger partial charge in [-0.1, -0.05) is 12.1 Å². The Hall–Kier alpha value is -1.40. The van der Waals surface area contributed by atoms with E-state index in [2.05, 4.69) is 25.6 Å². The van der Waals surface area contributed by atoms with Gasteiger partial charge in [0.25, 0.3) is 10.0 Å². The van der Waals surface area contributed by atoms with Crippen molar-refractivity contribution in [1.29, 1.82) is 0 Å². The van der Waals surface area contributed by atoms with E-state index in [9.17, 15) is 8.42 Å². The fraction of sp³-hybridized carbons (Fsp3) is 0. The molecule has 0 aliphatic heterocycles. The van der Waals surface area contributed by atoms with E-state index in [1.165, 1.54) is 12.3 Å². The molecule has 6 heteroatoms. The predicted octanol–water partition coefficient (Wildman–Crippen LogP) is 2.64. The maximum absolute atomic E-state index is 12.1. The average molecular weight is 313 g/mol. The van der Waals surface area contributed by atoms with Crippen molar-refractivity contribution in [2.75, 3.05) is 4.72 Å². The Balaban J connectivity index is 2.36. The first-order chi connectivity index (χ1) is 8.09. The molecule has 1 heterocycles. The molecule has 1 aromatic heterocycles. The van der Waals surface area contributed by atoms with Crippen molar-refractivity contribution >= 4 is 31.6 Å². The minimum absolute atomic E-state index is 0.198. The van der Waals surface area contributed by atoms with Crippen LogP contribution in [0.1, 0.15) is 0 Å². The third-order valence-electron chi connectivity index (χ3n) is 2.04. The number of anilines is 1. The van der Waals surface area contributed by atoms with Crippen LogP contribution in [0.15, 0.2) is 58.2 Å². The van der Waals surface area contributed by atoms with Gasteiger partial charge in [0.2, 0.25) is 0 Å². The number of nitrogens with zero attached hydrogens (tertiary/aromatic N) is 1. The van der Waals surface area contributed by atoms with Gasteiger partial charge < -0.3 is 0 Å². The molecule has 17 heavy (non-hydrogen) atoms. The minimum atomic E-state index is -3.58. The molecular formula is C11H9BrN2O2S. The van der Waals surface area contributed by atoms with Crippen LogP contribution in [-0.4, -0.2) is 13.4 Å². The van der Waals surface area contributed by atoms with Crippen LogP contribution in [0, 0.1) is 0 Å². The van der Waals surface area contributed by atoms with Crippen molar-refractivity contribution < 1.29 is 8.42 Å². The number of rotatable bonds is 3. The molecule has 4 nitrogen and oxygen atoms in total. The van der Waals surface area contributed by atoms with Gasteiger partial charge in [0.05, 0.1) is 11.9 Å². The average Bonchev–Trinajstić information content (AvgIpc) is 2.30. The molecule has 0 bridgehead atoms. The van der Waals surface area contributed by atoms with E-state index in [4.69, 9.17) is 0 Å². The Kier molecular flexibility index (Phi) is 3.44. The molecular weight excluding hydrogens is 304 g/mol. The van der Waals surface area contributed by atoms with Crippen LogP contribution in [0.25, 0.3) is 0 Å². The molecule has 2 rings (SSSR count). The van der Waals surface area contributed by atoms with Gasteiger partial charge in [0.1, 0.15) is 4.90 Å². The fourth-order valence-electron chi connectivity index (χ4n) is 1.30. The molecule has 0 unspecified atom stereocenters. The van der Waals surface area contributed by atoms with Gasteiger partial charge in [-0.05, 0) is 40.2 Å². The molecule has 0 radical (unpaired) electrons. The summed E-state index contributed by atoms with van der Waals surface area (Å²) >= 11 is 3.21. The number of pyridine rings is 1. The normalized spacial score (nSPS) is 11.1. The summed E-state index contributed by atoms with van der Waals surface area (Å²) in [5.41, 5.74) is 0.434. The van der Waals surface area contributed by atoms with E-state index in [-0.39, 0.29) is 4.90 Å². The van der Waals surface area contributed by atoms with Crippen molar-refractivity contribution in [2.45, 2.75) is 4.90 Å². The summed E-state index contributed by atoms with van der Waals surface area (Å²) in [5, 5.41) is 0. The molecule has 0 saturated carbocycles. The number of aromatic nitrogens is 1. The van der Waals surface area contributed by atoms with Crippen LogP contribution in [0.4, 0.5) is 5.69 Å². The number of hydrogen-bond donors (Lipinski definition) is 1. The quantitative estimate of drug-likeness (QED) is 0.947. The molecule has 0 spiro atoms. The SMILES string of the molecule is O=S(=O)(Nc1cccnc1)c1ccccc1Br. The largest absolute Gasteiger partial charge is 0.278 e. The lowest BCUT2D eigenvalue weighted by atomic mass is 10.4. The van der Waals surface area contributed by atoms with E-state index < -0.39 is 10.0 Å². The molecule has 0 atom stereocenters. The van der Waals surface area contributed by atoms with Crippen LogP contribution in [0.2, 0.25) is 0 Å². The number of halogens is 1. The zero-order valence-electron chi connectivity index (χ0n) is 8.67. The molecule has 0 fully saturated rings. The topological polar surface area (TPSA) is 59.1 Å². The maximum Gasteiger partial charge on any atom is 0.263 e. The van der Waals surface area contributed by atoms with Crippen molar-refractivity contribution in [1.82, 2.24) is 4.98 Å². The summed E-state index contributed by atoms with van der Waals surface area (Å²) in [6.07, 6.45) is 3.03. The molecule has 0 aliphatic carbocycles. The zero-order chi connectivity index (χ0) is 12.3. The second-order valence-electron chi connectivity index (χ2n) is 3.28. The van der Waals surface area contributed by atoms with Crippen molar-refractivity contribution in [3.8, 4) is 0 Å². The molecule has 0 amide bonds. The van der Waals surface area contributed by atoms with Gasteiger partial charge in [-0.15, -0.1) is 0 Å². The highest BCUT2D eigenvalue weighted by molar-refractivity contribution is 9.10. The van der Waals surface area contributed by atoms with Crippen LogP contribution >= 0.6 is 15.9 Å². The van der Waals surface area contributed by atoms with Gasteiger partial charge in [-0.2, -0.15) is 0 Å². The Morgan fingerprint density at radius 1 is 1.12 bits per heavy atom. The third kappa shape index (κ3) is 2.83. The monoisotopic (exact) mass is 312 g/mol.